The second-order valence-electron chi connectivity index (χ2n) is 4.40. The van der Waals surface area contributed by atoms with Gasteiger partial charge in [0.25, 0.3) is 0 Å². The summed E-state index contributed by atoms with van der Waals surface area (Å²) in [5.74, 6) is 1.25. The van der Waals surface area contributed by atoms with Gasteiger partial charge in [-0.1, -0.05) is 0 Å². The molecule has 1 aromatic heterocycles. The molecular formula is C10H14N4O2. The first-order valence-electron chi connectivity index (χ1n) is 5.52. The van der Waals surface area contributed by atoms with Gasteiger partial charge >= 0.3 is 5.97 Å². The quantitative estimate of drug-likeness (QED) is 0.684. The molecule has 2 aliphatic rings. The summed E-state index contributed by atoms with van der Waals surface area (Å²) in [7, 11) is 1.36. The third kappa shape index (κ3) is 1.33. The number of rotatable bonds is 2. The van der Waals surface area contributed by atoms with Gasteiger partial charge in [0, 0.05) is 5.92 Å². The molecule has 1 aliphatic carbocycles. The van der Waals surface area contributed by atoms with Crippen LogP contribution in [0.15, 0.2) is 0 Å². The van der Waals surface area contributed by atoms with E-state index in [4.69, 9.17) is 0 Å². The highest BCUT2D eigenvalue weighted by Crippen LogP contribution is 2.56. The van der Waals surface area contributed by atoms with E-state index in [1.54, 1.807) is 0 Å². The molecule has 86 valence electrons. The second-order valence-corrected chi connectivity index (χ2v) is 4.40. The molecule has 1 saturated carbocycles. The van der Waals surface area contributed by atoms with E-state index < -0.39 is 5.97 Å². The van der Waals surface area contributed by atoms with Crippen molar-refractivity contribution >= 4 is 5.97 Å². The Kier molecular flexibility index (Phi) is 2.17. The normalized spacial score (nSPS) is 31.9. The summed E-state index contributed by atoms with van der Waals surface area (Å²) >= 11 is 0. The van der Waals surface area contributed by atoms with Gasteiger partial charge in [0.1, 0.15) is 5.69 Å². The van der Waals surface area contributed by atoms with Gasteiger partial charge in [0.2, 0.25) is 0 Å². The summed E-state index contributed by atoms with van der Waals surface area (Å²) in [6.07, 6.45) is 1.16. The van der Waals surface area contributed by atoms with Crippen LogP contribution >= 0.6 is 0 Å². The predicted octanol–water partition coefficient (Wildman–Crippen LogP) is -0.0858. The Balaban J connectivity index is 1.85. The van der Waals surface area contributed by atoms with Crippen LogP contribution in [0.5, 0.6) is 0 Å². The minimum Gasteiger partial charge on any atom is -0.464 e. The topological polar surface area (TPSA) is 79.9 Å². The molecule has 0 spiro atoms. The number of carbonyl (C=O) groups excluding carboxylic acids is 1. The van der Waals surface area contributed by atoms with E-state index in [1.165, 1.54) is 7.11 Å². The molecule has 2 fully saturated rings. The third-order valence-electron chi connectivity index (χ3n) is 3.64. The number of aromatic amines is 1. The Hall–Kier alpha value is -1.43. The van der Waals surface area contributed by atoms with Crippen molar-refractivity contribution in [1.82, 2.24) is 20.7 Å². The lowest BCUT2D eigenvalue weighted by atomic mass is 10.1. The first-order chi connectivity index (χ1) is 7.83. The number of fused-ring (bicyclic) bond motifs is 1. The van der Waals surface area contributed by atoms with Crippen molar-refractivity contribution in [2.24, 2.45) is 11.8 Å². The van der Waals surface area contributed by atoms with Crippen molar-refractivity contribution in [2.45, 2.75) is 12.3 Å². The highest BCUT2D eigenvalue weighted by molar-refractivity contribution is 5.88. The van der Waals surface area contributed by atoms with Gasteiger partial charge < -0.3 is 10.1 Å². The maximum atomic E-state index is 11.5. The monoisotopic (exact) mass is 222 g/mol. The Labute approximate surface area is 92.7 Å². The Bertz CT molecular complexity index is 405. The number of carbonyl (C=O) groups is 1. The summed E-state index contributed by atoms with van der Waals surface area (Å²) < 4.78 is 4.69. The fourth-order valence-corrected chi connectivity index (χ4v) is 2.78. The van der Waals surface area contributed by atoms with Crippen molar-refractivity contribution in [3.8, 4) is 0 Å². The number of nitrogens with zero attached hydrogens (tertiary/aromatic N) is 2. The van der Waals surface area contributed by atoms with Crippen LogP contribution in [0.25, 0.3) is 0 Å². The minimum absolute atomic E-state index is 0.349. The summed E-state index contributed by atoms with van der Waals surface area (Å²) in [5, 5.41) is 13.9. The summed E-state index contributed by atoms with van der Waals surface area (Å²) in [4.78, 5) is 11.5. The molecule has 3 unspecified atom stereocenters. The number of piperidine rings is 1. The number of hydrogen-bond donors (Lipinski definition) is 2. The van der Waals surface area contributed by atoms with Crippen LogP contribution in [-0.2, 0) is 4.74 Å². The van der Waals surface area contributed by atoms with E-state index in [0.717, 1.165) is 25.2 Å². The molecule has 0 aromatic carbocycles. The van der Waals surface area contributed by atoms with Gasteiger partial charge in [-0.25, -0.2) is 4.79 Å². The molecule has 1 aromatic rings. The molecule has 1 aliphatic heterocycles. The lowest BCUT2D eigenvalue weighted by Gasteiger charge is -2.07. The van der Waals surface area contributed by atoms with Crippen LogP contribution in [0.3, 0.4) is 0 Å². The lowest BCUT2D eigenvalue weighted by molar-refractivity contribution is 0.0592. The number of H-pyrrole nitrogens is 1. The van der Waals surface area contributed by atoms with E-state index in [2.05, 4.69) is 25.5 Å². The zero-order valence-electron chi connectivity index (χ0n) is 9.06. The van der Waals surface area contributed by atoms with Gasteiger partial charge in [0.05, 0.1) is 7.11 Å². The van der Waals surface area contributed by atoms with E-state index in [0.29, 0.717) is 23.4 Å². The van der Waals surface area contributed by atoms with E-state index in [9.17, 15) is 4.79 Å². The highest BCUT2D eigenvalue weighted by atomic mass is 16.5. The molecule has 6 nitrogen and oxygen atoms in total. The standard InChI is InChI=1S/C10H14N4O2/c1-16-10(15)9-8(12-14-13-9)7-5-2-3-11-4-6(5)7/h5-7,11H,2-4H2,1H3,(H,12,13,14). The molecule has 3 rings (SSSR count). The van der Waals surface area contributed by atoms with E-state index >= 15 is 0 Å². The number of esters is 1. The maximum Gasteiger partial charge on any atom is 0.360 e. The van der Waals surface area contributed by atoms with Crippen LogP contribution in [0.4, 0.5) is 0 Å². The second kappa shape index (κ2) is 3.55. The van der Waals surface area contributed by atoms with Gasteiger partial charge in [-0.2, -0.15) is 10.3 Å². The highest BCUT2D eigenvalue weighted by Gasteiger charge is 2.54. The average molecular weight is 222 g/mol. The predicted molar refractivity (Wildman–Crippen MR) is 54.9 cm³/mol. The number of nitrogens with one attached hydrogen (secondary N) is 2. The van der Waals surface area contributed by atoms with Crippen LogP contribution in [0.1, 0.15) is 28.5 Å². The smallest absolute Gasteiger partial charge is 0.360 e. The van der Waals surface area contributed by atoms with Crippen molar-refractivity contribution in [1.29, 1.82) is 0 Å². The molecule has 16 heavy (non-hydrogen) atoms. The molecule has 1 saturated heterocycles. The SMILES string of the molecule is COC(=O)c1n[nH]nc1C1C2CCNCC21. The van der Waals surface area contributed by atoms with Crippen molar-refractivity contribution in [3.63, 3.8) is 0 Å². The van der Waals surface area contributed by atoms with E-state index in [1.807, 2.05) is 0 Å². The molecule has 0 radical (unpaired) electrons. The lowest BCUT2D eigenvalue weighted by Crippen LogP contribution is -2.23. The summed E-state index contributed by atoms with van der Waals surface area (Å²) in [5.41, 5.74) is 1.13. The van der Waals surface area contributed by atoms with Gasteiger partial charge in [-0.05, 0) is 31.3 Å². The van der Waals surface area contributed by atoms with Gasteiger partial charge in [-0.15, -0.1) is 5.10 Å². The Morgan fingerprint density at radius 2 is 2.31 bits per heavy atom. The molecular weight excluding hydrogens is 208 g/mol. The van der Waals surface area contributed by atoms with Crippen LogP contribution in [0, 0.1) is 11.8 Å². The Morgan fingerprint density at radius 3 is 3.00 bits per heavy atom. The number of ether oxygens (including phenoxy) is 1. The first-order valence-corrected chi connectivity index (χ1v) is 5.52. The number of aromatic nitrogens is 3. The van der Waals surface area contributed by atoms with E-state index in [-0.39, 0.29) is 0 Å². The minimum atomic E-state index is -0.402. The van der Waals surface area contributed by atoms with Crippen molar-refractivity contribution < 1.29 is 9.53 Å². The molecule has 2 heterocycles. The molecule has 3 atom stereocenters. The number of hydrogen-bond acceptors (Lipinski definition) is 5. The molecule has 6 heteroatoms. The van der Waals surface area contributed by atoms with Gasteiger partial charge in [-0.3, -0.25) is 0 Å². The molecule has 2 N–H and O–H groups in total. The van der Waals surface area contributed by atoms with Crippen molar-refractivity contribution in [2.75, 3.05) is 20.2 Å². The fraction of sp³-hybridized carbons (Fsp3) is 0.700. The summed E-state index contributed by atoms with van der Waals surface area (Å²) in [6.45, 7) is 2.08. The molecule has 0 bridgehead atoms. The third-order valence-corrected chi connectivity index (χ3v) is 3.64. The zero-order chi connectivity index (χ0) is 11.1. The maximum absolute atomic E-state index is 11.5. The number of methoxy groups -OCH3 is 1. The van der Waals surface area contributed by atoms with Crippen LogP contribution in [0.2, 0.25) is 0 Å². The largest absolute Gasteiger partial charge is 0.464 e. The zero-order valence-corrected chi connectivity index (χ0v) is 9.06. The Morgan fingerprint density at radius 1 is 1.44 bits per heavy atom. The summed E-state index contributed by atoms with van der Waals surface area (Å²) in [6, 6.07) is 0. The van der Waals surface area contributed by atoms with Crippen LogP contribution < -0.4 is 5.32 Å². The van der Waals surface area contributed by atoms with Crippen LogP contribution in [-0.4, -0.2) is 41.6 Å². The first kappa shape index (κ1) is 9.77. The van der Waals surface area contributed by atoms with Gasteiger partial charge in [0.15, 0.2) is 5.69 Å². The molecule has 0 amide bonds. The van der Waals surface area contributed by atoms with Crippen molar-refractivity contribution in [3.05, 3.63) is 11.4 Å². The fourth-order valence-electron chi connectivity index (χ4n) is 2.78. The average Bonchev–Trinajstić information content (AvgIpc) is 2.85.